The first-order chi connectivity index (χ1) is 8.11. The van der Waals surface area contributed by atoms with Crippen LogP contribution in [0.4, 0.5) is 0 Å². The average Bonchev–Trinajstić information content (AvgIpc) is 2.34. The molecule has 0 saturated carbocycles. The summed E-state index contributed by atoms with van der Waals surface area (Å²) in [7, 11) is 1.60. The van der Waals surface area contributed by atoms with Gasteiger partial charge in [-0.1, -0.05) is 12.1 Å². The molecule has 0 fully saturated rings. The van der Waals surface area contributed by atoms with Crippen LogP contribution in [0, 0.1) is 0 Å². The van der Waals surface area contributed by atoms with Gasteiger partial charge in [0.2, 0.25) is 11.8 Å². The van der Waals surface area contributed by atoms with E-state index in [4.69, 9.17) is 10.5 Å². The van der Waals surface area contributed by atoms with Crippen molar-refractivity contribution in [1.29, 1.82) is 0 Å². The van der Waals surface area contributed by atoms with Gasteiger partial charge in [0.25, 0.3) is 0 Å². The Morgan fingerprint density at radius 2 is 1.94 bits per heavy atom. The first kappa shape index (κ1) is 13.0. The van der Waals surface area contributed by atoms with E-state index in [1.54, 1.807) is 7.11 Å². The topological polar surface area (TPSA) is 81.4 Å². The Kier molecular flexibility index (Phi) is 5.00. The van der Waals surface area contributed by atoms with Crippen LogP contribution in [-0.4, -0.2) is 25.5 Å². The van der Waals surface area contributed by atoms with Crippen LogP contribution in [0.5, 0.6) is 5.75 Å². The number of benzene rings is 1. The first-order valence-corrected chi connectivity index (χ1v) is 5.29. The lowest BCUT2D eigenvalue weighted by Crippen LogP contribution is -2.33. The number of nitrogens with one attached hydrogen (secondary N) is 1. The van der Waals surface area contributed by atoms with Crippen LogP contribution in [0.1, 0.15) is 12.0 Å². The number of amides is 2. The van der Waals surface area contributed by atoms with E-state index in [2.05, 4.69) is 5.32 Å². The molecule has 0 aromatic heterocycles. The third kappa shape index (κ3) is 5.01. The average molecular weight is 236 g/mol. The summed E-state index contributed by atoms with van der Waals surface area (Å²) in [5, 5.41) is 2.44. The Hall–Kier alpha value is -2.04. The molecular weight excluding hydrogens is 220 g/mol. The van der Waals surface area contributed by atoms with Crippen LogP contribution in [0.2, 0.25) is 0 Å². The summed E-state index contributed by atoms with van der Waals surface area (Å²) in [6.07, 6.45) is 0.953. The molecular formula is C12H16N2O3. The van der Waals surface area contributed by atoms with E-state index in [1.165, 1.54) is 0 Å². The summed E-state index contributed by atoms with van der Waals surface area (Å²) in [4.78, 5) is 21.7. The molecule has 0 atom stereocenters. The Morgan fingerprint density at radius 1 is 1.29 bits per heavy atom. The van der Waals surface area contributed by atoms with E-state index in [0.717, 1.165) is 11.3 Å². The highest BCUT2D eigenvalue weighted by Crippen LogP contribution is 2.12. The van der Waals surface area contributed by atoms with Gasteiger partial charge in [-0.25, -0.2) is 0 Å². The van der Waals surface area contributed by atoms with E-state index in [9.17, 15) is 9.59 Å². The number of ether oxygens (including phenoxy) is 1. The Labute approximate surface area is 99.9 Å². The lowest BCUT2D eigenvalue weighted by atomic mass is 10.1. The number of rotatable bonds is 6. The van der Waals surface area contributed by atoms with Crippen molar-refractivity contribution in [3.05, 3.63) is 29.8 Å². The number of aryl methyl sites for hydroxylation is 1. The number of carbonyl (C=O) groups excluding carboxylic acids is 2. The third-order valence-electron chi connectivity index (χ3n) is 2.26. The van der Waals surface area contributed by atoms with Crippen LogP contribution in [0.3, 0.4) is 0 Å². The van der Waals surface area contributed by atoms with Gasteiger partial charge in [0.15, 0.2) is 0 Å². The first-order valence-electron chi connectivity index (χ1n) is 5.29. The van der Waals surface area contributed by atoms with E-state index >= 15 is 0 Å². The second kappa shape index (κ2) is 6.52. The summed E-state index contributed by atoms with van der Waals surface area (Å²) < 4.78 is 5.03. The van der Waals surface area contributed by atoms with Gasteiger partial charge in [0.05, 0.1) is 13.7 Å². The van der Waals surface area contributed by atoms with Crippen molar-refractivity contribution in [1.82, 2.24) is 5.32 Å². The molecule has 0 saturated heterocycles. The van der Waals surface area contributed by atoms with Crippen LogP contribution in [-0.2, 0) is 16.0 Å². The summed E-state index contributed by atoms with van der Waals surface area (Å²) in [6.45, 7) is -0.110. The van der Waals surface area contributed by atoms with Gasteiger partial charge >= 0.3 is 0 Å². The van der Waals surface area contributed by atoms with Crippen LogP contribution >= 0.6 is 0 Å². The van der Waals surface area contributed by atoms with Crippen molar-refractivity contribution in [3.63, 3.8) is 0 Å². The van der Waals surface area contributed by atoms with Crippen LogP contribution in [0.25, 0.3) is 0 Å². The van der Waals surface area contributed by atoms with Gasteiger partial charge in [-0.05, 0) is 24.1 Å². The summed E-state index contributed by atoms with van der Waals surface area (Å²) >= 11 is 0. The Morgan fingerprint density at radius 3 is 2.47 bits per heavy atom. The molecule has 0 radical (unpaired) electrons. The zero-order valence-electron chi connectivity index (χ0n) is 9.73. The lowest BCUT2D eigenvalue weighted by molar-refractivity contribution is -0.124. The minimum absolute atomic E-state index is 0.110. The molecule has 5 heteroatoms. The molecule has 0 spiro atoms. The fraction of sp³-hybridized carbons (Fsp3) is 0.333. The minimum atomic E-state index is -0.539. The predicted molar refractivity (Wildman–Crippen MR) is 63.5 cm³/mol. The normalized spacial score (nSPS) is 9.71. The van der Waals surface area contributed by atoms with Crippen molar-refractivity contribution in [2.75, 3.05) is 13.7 Å². The minimum Gasteiger partial charge on any atom is -0.497 e. The molecule has 3 N–H and O–H groups in total. The zero-order valence-corrected chi connectivity index (χ0v) is 9.73. The number of primary amides is 1. The highest BCUT2D eigenvalue weighted by atomic mass is 16.5. The monoisotopic (exact) mass is 236 g/mol. The molecule has 0 aliphatic heterocycles. The summed E-state index contributed by atoms with van der Waals surface area (Å²) in [5.74, 6) is 0.0642. The molecule has 0 aliphatic carbocycles. The second-order valence-electron chi connectivity index (χ2n) is 3.59. The zero-order chi connectivity index (χ0) is 12.7. The van der Waals surface area contributed by atoms with Crippen molar-refractivity contribution in [2.24, 2.45) is 5.73 Å². The molecule has 0 unspecified atom stereocenters. The maximum Gasteiger partial charge on any atom is 0.236 e. The van der Waals surface area contributed by atoms with Gasteiger partial charge in [-0.15, -0.1) is 0 Å². The molecule has 1 aromatic rings. The van der Waals surface area contributed by atoms with Gasteiger partial charge in [-0.3, -0.25) is 9.59 Å². The van der Waals surface area contributed by atoms with Gasteiger partial charge in [0.1, 0.15) is 5.75 Å². The van der Waals surface area contributed by atoms with Crippen LogP contribution < -0.4 is 15.8 Å². The largest absolute Gasteiger partial charge is 0.497 e. The third-order valence-corrected chi connectivity index (χ3v) is 2.26. The fourth-order valence-corrected chi connectivity index (χ4v) is 1.32. The molecule has 1 rings (SSSR count). The van der Waals surface area contributed by atoms with Crippen molar-refractivity contribution in [2.45, 2.75) is 12.8 Å². The highest BCUT2D eigenvalue weighted by molar-refractivity contribution is 5.83. The number of methoxy groups -OCH3 is 1. The van der Waals surface area contributed by atoms with Gasteiger partial charge in [-0.2, -0.15) is 0 Å². The van der Waals surface area contributed by atoms with Crippen molar-refractivity contribution in [3.8, 4) is 5.75 Å². The summed E-state index contributed by atoms with van der Waals surface area (Å²) in [5.41, 5.74) is 5.95. The fourth-order valence-electron chi connectivity index (χ4n) is 1.32. The highest BCUT2D eigenvalue weighted by Gasteiger charge is 2.03. The van der Waals surface area contributed by atoms with Gasteiger partial charge in [0, 0.05) is 6.42 Å². The number of carbonyl (C=O) groups is 2. The molecule has 2 amide bonds. The molecule has 0 bridgehead atoms. The Balaban J connectivity index is 2.34. The molecule has 17 heavy (non-hydrogen) atoms. The van der Waals surface area contributed by atoms with E-state index in [1.807, 2.05) is 24.3 Å². The van der Waals surface area contributed by atoms with Crippen molar-refractivity contribution >= 4 is 11.8 Å². The SMILES string of the molecule is COc1ccc(CCC(=O)NCC(N)=O)cc1. The van der Waals surface area contributed by atoms with E-state index in [0.29, 0.717) is 12.8 Å². The molecule has 0 aliphatic rings. The van der Waals surface area contributed by atoms with E-state index in [-0.39, 0.29) is 12.5 Å². The van der Waals surface area contributed by atoms with Crippen molar-refractivity contribution < 1.29 is 14.3 Å². The summed E-state index contributed by atoms with van der Waals surface area (Å²) in [6, 6.07) is 7.49. The number of hydrogen-bond donors (Lipinski definition) is 2. The van der Waals surface area contributed by atoms with Gasteiger partial charge < -0.3 is 15.8 Å². The van der Waals surface area contributed by atoms with Crippen LogP contribution in [0.15, 0.2) is 24.3 Å². The Bertz CT molecular complexity index is 387. The molecule has 5 nitrogen and oxygen atoms in total. The molecule has 0 heterocycles. The second-order valence-corrected chi connectivity index (χ2v) is 3.59. The quantitative estimate of drug-likeness (QED) is 0.741. The molecule has 92 valence electrons. The maximum atomic E-state index is 11.3. The maximum absolute atomic E-state index is 11.3. The number of hydrogen-bond acceptors (Lipinski definition) is 3. The molecule has 1 aromatic carbocycles. The standard InChI is InChI=1S/C12H16N2O3/c1-17-10-5-2-9(3-6-10)4-7-12(16)14-8-11(13)15/h2-3,5-6H,4,7-8H2,1H3,(H2,13,15)(H,14,16). The lowest BCUT2D eigenvalue weighted by Gasteiger charge is -2.04. The van der Waals surface area contributed by atoms with E-state index < -0.39 is 5.91 Å². The smallest absolute Gasteiger partial charge is 0.236 e. The predicted octanol–water partition coefficient (Wildman–Crippen LogP) is 0.229. The number of nitrogens with two attached hydrogens (primary N) is 1.